The van der Waals surface area contributed by atoms with Gasteiger partial charge in [-0.1, -0.05) is 69.3 Å². The molecule has 4 rings (SSSR count). The quantitative estimate of drug-likeness (QED) is 0.117. The Balaban J connectivity index is 1.22. The van der Waals surface area contributed by atoms with Gasteiger partial charge in [0, 0.05) is 36.6 Å². The molecule has 2 aliphatic rings. The third-order valence-corrected chi connectivity index (χ3v) is 7.46. The predicted molar refractivity (Wildman–Crippen MR) is 134 cm³/mol. The molecule has 1 saturated heterocycles. The standard InChI is InChI=1S/C27H36N2O4S/c1-2-3-4-5-6-10-17-34-26-28-18-22(19-29-26)21-11-13-23(14-12-21)32-25(30)24-20-31-27(33-24)15-8-7-9-16-27/h11-14,18-19,24H,2-10,15-17,20H2,1H3/t24-/m1/s1. The van der Waals surface area contributed by atoms with Gasteiger partial charge in [0.2, 0.25) is 0 Å². The lowest BCUT2D eigenvalue weighted by Gasteiger charge is -2.31. The highest BCUT2D eigenvalue weighted by atomic mass is 32.2. The molecule has 1 saturated carbocycles. The number of ether oxygens (including phenoxy) is 3. The molecule has 1 spiro atoms. The van der Waals surface area contributed by atoms with Crippen LogP contribution in [0.2, 0.25) is 0 Å². The van der Waals surface area contributed by atoms with E-state index < -0.39 is 17.9 Å². The van der Waals surface area contributed by atoms with Crippen LogP contribution in [0.3, 0.4) is 0 Å². The topological polar surface area (TPSA) is 70.5 Å². The smallest absolute Gasteiger partial charge is 0.343 e. The van der Waals surface area contributed by atoms with Crippen LogP contribution in [0.15, 0.2) is 41.8 Å². The predicted octanol–water partition coefficient (Wildman–Crippen LogP) is 6.58. The number of esters is 1. The molecule has 1 atom stereocenters. The average molecular weight is 485 g/mol. The number of hydrogen-bond donors (Lipinski definition) is 0. The minimum atomic E-state index is -0.660. The fraction of sp³-hybridized carbons (Fsp3) is 0.593. The molecular formula is C27H36N2O4S. The van der Waals surface area contributed by atoms with Gasteiger partial charge < -0.3 is 14.2 Å². The first-order valence-corrected chi connectivity index (χ1v) is 13.7. The summed E-state index contributed by atoms with van der Waals surface area (Å²) in [4.78, 5) is 21.6. The van der Waals surface area contributed by atoms with Crippen LogP contribution in [0.1, 0.15) is 77.6 Å². The number of unbranched alkanes of at least 4 members (excludes halogenated alkanes) is 5. The van der Waals surface area contributed by atoms with Crippen molar-refractivity contribution in [2.24, 2.45) is 0 Å². The van der Waals surface area contributed by atoms with Crippen LogP contribution in [-0.2, 0) is 14.3 Å². The summed E-state index contributed by atoms with van der Waals surface area (Å²) in [5, 5.41) is 0.817. The molecule has 1 aliphatic carbocycles. The Morgan fingerprint density at radius 3 is 2.44 bits per heavy atom. The van der Waals surface area contributed by atoms with Crippen molar-refractivity contribution in [3.63, 3.8) is 0 Å². The van der Waals surface area contributed by atoms with E-state index in [9.17, 15) is 4.79 Å². The zero-order valence-electron chi connectivity index (χ0n) is 20.2. The first kappa shape index (κ1) is 25.1. The molecule has 0 unspecified atom stereocenters. The summed E-state index contributed by atoms with van der Waals surface area (Å²) in [7, 11) is 0. The van der Waals surface area contributed by atoms with E-state index >= 15 is 0 Å². The number of thioether (sulfide) groups is 1. The number of carbonyl (C=O) groups excluding carboxylic acids is 1. The Morgan fingerprint density at radius 2 is 1.71 bits per heavy atom. The second-order valence-corrected chi connectivity index (χ2v) is 10.3. The van der Waals surface area contributed by atoms with Gasteiger partial charge in [0.05, 0.1) is 6.61 Å². The van der Waals surface area contributed by atoms with Crippen molar-refractivity contribution < 1.29 is 19.0 Å². The average Bonchev–Trinajstić information content (AvgIpc) is 3.28. The highest BCUT2D eigenvalue weighted by molar-refractivity contribution is 7.99. The van der Waals surface area contributed by atoms with Crippen LogP contribution in [-0.4, -0.2) is 40.2 Å². The Hall–Kier alpha value is -1.96. The second-order valence-electron chi connectivity index (χ2n) is 9.20. The Morgan fingerprint density at radius 1 is 1.00 bits per heavy atom. The second kappa shape index (κ2) is 12.7. The van der Waals surface area contributed by atoms with Crippen molar-refractivity contribution in [2.75, 3.05) is 12.4 Å². The van der Waals surface area contributed by atoms with E-state index in [1.807, 2.05) is 24.5 Å². The number of hydrogen-bond acceptors (Lipinski definition) is 7. The van der Waals surface area contributed by atoms with Crippen molar-refractivity contribution in [1.82, 2.24) is 9.97 Å². The lowest BCUT2D eigenvalue weighted by molar-refractivity contribution is -0.193. The highest BCUT2D eigenvalue weighted by Gasteiger charge is 2.45. The molecule has 2 aromatic rings. The van der Waals surface area contributed by atoms with Crippen LogP contribution in [0, 0.1) is 0 Å². The van der Waals surface area contributed by atoms with E-state index in [-0.39, 0.29) is 6.61 Å². The number of aromatic nitrogens is 2. The maximum atomic E-state index is 12.6. The fourth-order valence-electron chi connectivity index (χ4n) is 4.51. The van der Waals surface area contributed by atoms with E-state index in [2.05, 4.69) is 16.9 Å². The highest BCUT2D eigenvalue weighted by Crippen LogP contribution is 2.38. The molecule has 0 amide bonds. The molecular weight excluding hydrogens is 448 g/mol. The molecule has 2 heterocycles. The van der Waals surface area contributed by atoms with Crippen LogP contribution in [0.5, 0.6) is 5.75 Å². The zero-order valence-corrected chi connectivity index (χ0v) is 21.0. The third-order valence-electron chi connectivity index (χ3n) is 6.50. The Labute approximate surface area is 207 Å². The van der Waals surface area contributed by atoms with Crippen molar-refractivity contribution in [2.45, 2.75) is 94.6 Å². The molecule has 1 aliphatic heterocycles. The van der Waals surface area contributed by atoms with Gasteiger partial charge in [-0.05, 0) is 37.0 Å². The van der Waals surface area contributed by atoms with Crippen LogP contribution < -0.4 is 4.74 Å². The van der Waals surface area contributed by atoms with Crippen molar-refractivity contribution in [1.29, 1.82) is 0 Å². The van der Waals surface area contributed by atoms with E-state index in [4.69, 9.17) is 14.2 Å². The fourth-order valence-corrected chi connectivity index (χ4v) is 5.29. The van der Waals surface area contributed by atoms with Crippen molar-refractivity contribution >= 4 is 17.7 Å². The maximum Gasteiger partial charge on any atom is 0.343 e. The third kappa shape index (κ3) is 7.03. The van der Waals surface area contributed by atoms with Crippen LogP contribution in [0.25, 0.3) is 11.1 Å². The zero-order chi connectivity index (χ0) is 23.6. The molecule has 1 aromatic heterocycles. The number of benzene rings is 1. The molecule has 2 fully saturated rings. The van der Waals surface area contributed by atoms with E-state index in [1.54, 1.807) is 23.9 Å². The lowest BCUT2D eigenvalue weighted by atomic mass is 9.94. The summed E-state index contributed by atoms with van der Waals surface area (Å²) in [5.41, 5.74) is 1.92. The summed E-state index contributed by atoms with van der Waals surface area (Å²) in [5.74, 6) is 0.576. The first-order valence-electron chi connectivity index (χ1n) is 12.8. The minimum Gasteiger partial charge on any atom is -0.425 e. The van der Waals surface area contributed by atoms with E-state index in [1.165, 1.54) is 44.9 Å². The van der Waals surface area contributed by atoms with Crippen molar-refractivity contribution in [3.05, 3.63) is 36.7 Å². The molecule has 0 radical (unpaired) electrons. The van der Waals surface area contributed by atoms with Gasteiger partial charge in [-0.15, -0.1) is 0 Å². The van der Waals surface area contributed by atoms with Gasteiger partial charge in [0.15, 0.2) is 17.0 Å². The minimum absolute atomic E-state index is 0.261. The summed E-state index contributed by atoms with van der Waals surface area (Å²) in [6, 6.07) is 7.42. The summed E-state index contributed by atoms with van der Waals surface area (Å²) in [6.45, 7) is 2.50. The SMILES string of the molecule is CCCCCCCCSc1ncc(-c2ccc(OC(=O)[C@H]3COC4(CCCCC4)O3)cc2)cn1. The van der Waals surface area contributed by atoms with Crippen molar-refractivity contribution in [3.8, 4) is 16.9 Å². The van der Waals surface area contributed by atoms with Crippen LogP contribution in [0.4, 0.5) is 0 Å². The summed E-state index contributed by atoms with van der Waals surface area (Å²) in [6.07, 6.45) is 15.9. The lowest BCUT2D eigenvalue weighted by Crippen LogP contribution is -2.35. The van der Waals surface area contributed by atoms with Gasteiger partial charge in [-0.3, -0.25) is 0 Å². The molecule has 1 aromatic carbocycles. The van der Waals surface area contributed by atoms with Gasteiger partial charge in [-0.2, -0.15) is 0 Å². The molecule has 34 heavy (non-hydrogen) atoms. The van der Waals surface area contributed by atoms with Gasteiger partial charge in [0.1, 0.15) is 5.75 Å². The summed E-state index contributed by atoms with van der Waals surface area (Å²) < 4.78 is 17.4. The molecule has 0 bridgehead atoms. The normalized spacial score (nSPS) is 19.4. The van der Waals surface area contributed by atoms with Crippen LogP contribution >= 0.6 is 11.8 Å². The van der Waals surface area contributed by atoms with E-state index in [0.717, 1.165) is 47.7 Å². The van der Waals surface area contributed by atoms with E-state index in [0.29, 0.717) is 5.75 Å². The molecule has 0 N–H and O–H groups in total. The number of rotatable bonds is 11. The number of carbonyl (C=O) groups is 1. The van der Waals surface area contributed by atoms with Gasteiger partial charge in [-0.25, -0.2) is 14.8 Å². The Bertz CT molecular complexity index is 898. The number of nitrogens with zero attached hydrogens (tertiary/aromatic N) is 2. The molecule has 184 valence electrons. The Kier molecular flexibility index (Phi) is 9.36. The first-order chi connectivity index (χ1) is 16.7. The molecule has 7 heteroatoms. The maximum absolute atomic E-state index is 12.6. The summed E-state index contributed by atoms with van der Waals surface area (Å²) >= 11 is 1.72. The monoisotopic (exact) mass is 484 g/mol. The molecule has 6 nitrogen and oxygen atoms in total. The van der Waals surface area contributed by atoms with Gasteiger partial charge in [0.25, 0.3) is 0 Å². The largest absolute Gasteiger partial charge is 0.425 e. The van der Waals surface area contributed by atoms with Gasteiger partial charge >= 0.3 is 5.97 Å².